The summed E-state index contributed by atoms with van der Waals surface area (Å²) in [5, 5.41) is 4.23. The molecule has 0 saturated heterocycles. The zero-order chi connectivity index (χ0) is 16.1. The molecule has 22 heavy (non-hydrogen) atoms. The van der Waals surface area contributed by atoms with E-state index in [1.54, 1.807) is 24.5 Å². The minimum Gasteiger partial charge on any atom is -0.481 e. The summed E-state index contributed by atoms with van der Waals surface area (Å²) in [6, 6.07) is 5.35. The van der Waals surface area contributed by atoms with Crippen LogP contribution in [0.25, 0.3) is 0 Å². The van der Waals surface area contributed by atoms with Gasteiger partial charge in [0.2, 0.25) is 5.95 Å². The molecular formula is C14H15BrN4O3. The summed E-state index contributed by atoms with van der Waals surface area (Å²) >= 11 is 3.38. The van der Waals surface area contributed by atoms with E-state index < -0.39 is 5.97 Å². The minimum absolute atomic E-state index is 0.175. The minimum atomic E-state index is -0.458. The van der Waals surface area contributed by atoms with Crippen LogP contribution < -0.4 is 10.5 Å². The summed E-state index contributed by atoms with van der Waals surface area (Å²) < 4.78 is 12.3. The van der Waals surface area contributed by atoms with Gasteiger partial charge in [-0.2, -0.15) is 5.10 Å². The van der Waals surface area contributed by atoms with Crippen LogP contribution in [0.15, 0.2) is 34.0 Å². The number of imidazole rings is 1. The maximum absolute atomic E-state index is 11.2. The number of rotatable bonds is 5. The molecule has 0 atom stereocenters. The Hall–Kier alpha value is -2.35. The normalized spacial score (nSPS) is 10.9. The second kappa shape index (κ2) is 7.08. The first kappa shape index (κ1) is 16.0. The third-order valence-electron chi connectivity index (χ3n) is 2.70. The number of carbonyl (C=O) groups excluding carboxylic acids is 1. The molecule has 116 valence electrons. The lowest BCUT2D eigenvalue weighted by Crippen LogP contribution is -2.13. The third-order valence-corrected chi connectivity index (χ3v) is 3.19. The number of methoxy groups -OCH3 is 1. The van der Waals surface area contributed by atoms with Crippen molar-refractivity contribution in [3.63, 3.8) is 0 Å². The Kier molecular flexibility index (Phi) is 5.16. The highest BCUT2D eigenvalue weighted by Crippen LogP contribution is 2.22. The van der Waals surface area contributed by atoms with Crippen molar-refractivity contribution in [2.24, 2.45) is 5.10 Å². The van der Waals surface area contributed by atoms with Crippen molar-refractivity contribution in [2.45, 2.75) is 6.92 Å². The van der Waals surface area contributed by atoms with Crippen LogP contribution in [0.4, 0.5) is 5.95 Å². The largest absolute Gasteiger partial charge is 0.481 e. The maximum Gasteiger partial charge on any atom is 0.343 e. The van der Waals surface area contributed by atoms with E-state index in [0.29, 0.717) is 17.3 Å². The number of aryl methyl sites for hydroxylation is 1. The van der Waals surface area contributed by atoms with Gasteiger partial charge in [-0.15, -0.1) is 0 Å². The fraction of sp³-hybridized carbons (Fsp3) is 0.214. The van der Waals surface area contributed by atoms with Gasteiger partial charge in [0.25, 0.3) is 0 Å². The molecule has 2 N–H and O–H groups in total. The van der Waals surface area contributed by atoms with E-state index in [4.69, 9.17) is 10.5 Å². The number of nitrogens with two attached hydrogens (primary N) is 1. The lowest BCUT2D eigenvalue weighted by atomic mass is 10.2. The standard InChI is InChI=1S/C14H15BrN4O3/c1-9-7-19(14(16)18-9)17-6-10-5-11(15)3-4-12(10)22-8-13(20)21-2/h3-7H,8H2,1-2H3,(H2,16,18). The molecule has 0 aliphatic heterocycles. The molecule has 0 spiro atoms. The molecule has 0 unspecified atom stereocenters. The lowest BCUT2D eigenvalue weighted by Gasteiger charge is -2.08. The fourth-order valence-corrected chi connectivity index (χ4v) is 2.05. The molecule has 8 heteroatoms. The number of halogens is 1. The molecule has 2 aromatic rings. The third kappa shape index (κ3) is 4.08. The van der Waals surface area contributed by atoms with Crippen molar-refractivity contribution < 1.29 is 14.3 Å². The molecule has 0 saturated carbocycles. The number of nitrogen functional groups attached to an aromatic ring is 1. The average molecular weight is 367 g/mol. The average Bonchev–Trinajstić information content (AvgIpc) is 2.81. The molecular weight excluding hydrogens is 352 g/mol. The predicted molar refractivity (Wildman–Crippen MR) is 86.0 cm³/mol. The van der Waals surface area contributed by atoms with Gasteiger partial charge in [0.15, 0.2) is 6.61 Å². The van der Waals surface area contributed by atoms with Crippen LogP contribution in [0, 0.1) is 6.92 Å². The summed E-state index contributed by atoms with van der Waals surface area (Å²) in [5.41, 5.74) is 7.18. The van der Waals surface area contributed by atoms with Crippen LogP contribution in [-0.2, 0) is 9.53 Å². The number of ether oxygens (including phenoxy) is 2. The van der Waals surface area contributed by atoms with Crippen molar-refractivity contribution in [1.29, 1.82) is 0 Å². The van der Waals surface area contributed by atoms with Gasteiger partial charge in [0.05, 0.1) is 25.2 Å². The van der Waals surface area contributed by atoms with Crippen molar-refractivity contribution in [3.05, 3.63) is 40.1 Å². The summed E-state index contributed by atoms with van der Waals surface area (Å²) in [6.45, 7) is 1.65. The topological polar surface area (TPSA) is 91.7 Å². The van der Waals surface area contributed by atoms with E-state index in [-0.39, 0.29) is 6.61 Å². The Morgan fingerprint density at radius 1 is 1.55 bits per heavy atom. The van der Waals surface area contributed by atoms with E-state index in [1.165, 1.54) is 11.8 Å². The quantitative estimate of drug-likeness (QED) is 0.645. The predicted octanol–water partition coefficient (Wildman–Crippen LogP) is 1.97. The van der Waals surface area contributed by atoms with Gasteiger partial charge in [-0.3, -0.25) is 0 Å². The zero-order valence-electron chi connectivity index (χ0n) is 12.1. The van der Waals surface area contributed by atoms with E-state index in [0.717, 1.165) is 10.2 Å². The van der Waals surface area contributed by atoms with E-state index in [9.17, 15) is 4.79 Å². The highest BCUT2D eigenvalue weighted by molar-refractivity contribution is 9.10. The smallest absolute Gasteiger partial charge is 0.343 e. The molecule has 0 radical (unpaired) electrons. The first-order valence-electron chi connectivity index (χ1n) is 6.34. The summed E-state index contributed by atoms with van der Waals surface area (Å²) in [4.78, 5) is 15.2. The number of esters is 1. The summed E-state index contributed by atoms with van der Waals surface area (Å²) in [6.07, 6.45) is 3.29. The Morgan fingerprint density at radius 2 is 2.32 bits per heavy atom. The van der Waals surface area contributed by atoms with Crippen LogP contribution in [0.1, 0.15) is 11.3 Å². The van der Waals surface area contributed by atoms with Crippen molar-refractivity contribution in [3.8, 4) is 5.75 Å². The van der Waals surface area contributed by atoms with Gasteiger partial charge in [-0.25, -0.2) is 14.5 Å². The fourth-order valence-electron chi connectivity index (χ4n) is 1.67. The summed E-state index contributed by atoms with van der Waals surface area (Å²) in [7, 11) is 1.31. The van der Waals surface area contributed by atoms with Gasteiger partial charge in [-0.1, -0.05) is 15.9 Å². The second-order valence-corrected chi connectivity index (χ2v) is 5.29. The Bertz CT molecular complexity index is 712. The molecule has 1 heterocycles. The number of anilines is 1. The Balaban J connectivity index is 2.23. The molecule has 0 bridgehead atoms. The number of hydrogen-bond donors (Lipinski definition) is 1. The van der Waals surface area contributed by atoms with Crippen molar-refractivity contribution in [1.82, 2.24) is 9.66 Å². The van der Waals surface area contributed by atoms with E-state index in [1.807, 2.05) is 13.0 Å². The van der Waals surface area contributed by atoms with Crippen molar-refractivity contribution in [2.75, 3.05) is 19.5 Å². The molecule has 1 aromatic carbocycles. The van der Waals surface area contributed by atoms with Crippen LogP contribution in [0.5, 0.6) is 5.75 Å². The van der Waals surface area contributed by atoms with E-state index >= 15 is 0 Å². The first-order valence-corrected chi connectivity index (χ1v) is 7.14. The van der Waals surface area contributed by atoms with Gasteiger partial charge in [0, 0.05) is 10.0 Å². The van der Waals surface area contributed by atoms with Crippen LogP contribution in [0.3, 0.4) is 0 Å². The van der Waals surface area contributed by atoms with Gasteiger partial charge in [-0.05, 0) is 25.1 Å². The van der Waals surface area contributed by atoms with Crippen LogP contribution in [0.2, 0.25) is 0 Å². The number of aromatic nitrogens is 2. The molecule has 0 amide bonds. The highest BCUT2D eigenvalue weighted by atomic mass is 79.9. The van der Waals surface area contributed by atoms with Crippen LogP contribution in [-0.4, -0.2) is 35.6 Å². The zero-order valence-corrected chi connectivity index (χ0v) is 13.7. The molecule has 7 nitrogen and oxygen atoms in total. The number of hydrogen-bond acceptors (Lipinski definition) is 6. The number of benzene rings is 1. The van der Waals surface area contributed by atoms with Crippen LogP contribution >= 0.6 is 15.9 Å². The Labute approximate surface area is 135 Å². The monoisotopic (exact) mass is 366 g/mol. The highest BCUT2D eigenvalue weighted by Gasteiger charge is 2.07. The summed E-state index contributed by atoms with van der Waals surface area (Å²) in [5.74, 6) is 0.342. The first-order chi connectivity index (χ1) is 10.5. The number of carbonyl (C=O) groups is 1. The van der Waals surface area contributed by atoms with Gasteiger partial charge >= 0.3 is 5.97 Å². The number of nitrogens with zero attached hydrogens (tertiary/aromatic N) is 3. The second-order valence-electron chi connectivity index (χ2n) is 4.38. The molecule has 0 fully saturated rings. The van der Waals surface area contributed by atoms with Crippen molar-refractivity contribution >= 4 is 34.1 Å². The molecule has 1 aromatic heterocycles. The molecule has 2 rings (SSSR count). The van der Waals surface area contributed by atoms with E-state index in [2.05, 4.69) is 30.8 Å². The SMILES string of the molecule is COC(=O)COc1ccc(Br)cc1C=Nn1cc(C)nc1N. The Morgan fingerprint density at radius 3 is 2.95 bits per heavy atom. The maximum atomic E-state index is 11.2. The molecule has 0 aliphatic carbocycles. The van der Waals surface area contributed by atoms with Gasteiger partial charge in [0.1, 0.15) is 5.75 Å². The lowest BCUT2D eigenvalue weighted by molar-refractivity contribution is -0.142. The molecule has 0 aliphatic rings. The van der Waals surface area contributed by atoms with Gasteiger partial charge < -0.3 is 15.2 Å².